The third-order valence-electron chi connectivity index (χ3n) is 5.05. The number of phenols is 1. The van der Waals surface area contributed by atoms with Crippen molar-refractivity contribution >= 4 is 28.2 Å². The van der Waals surface area contributed by atoms with E-state index in [1.165, 1.54) is 38.2 Å². The maximum Gasteiger partial charge on any atom is 0.123 e. The van der Waals surface area contributed by atoms with E-state index in [1.807, 2.05) is 17.8 Å². The van der Waals surface area contributed by atoms with Gasteiger partial charge in [-0.3, -0.25) is 0 Å². The number of aromatic hydroxyl groups is 1. The van der Waals surface area contributed by atoms with Crippen LogP contribution >= 0.6 is 11.8 Å². The first-order valence-electron chi connectivity index (χ1n) is 7.97. The average Bonchev–Trinajstić information content (AvgIpc) is 2.94. The Morgan fingerprint density at radius 2 is 1.83 bits per heavy atom. The molecule has 2 aliphatic rings. The lowest BCUT2D eigenvalue weighted by Crippen LogP contribution is -2.10. The van der Waals surface area contributed by atoms with Crippen LogP contribution in [0.25, 0.3) is 21.9 Å². The van der Waals surface area contributed by atoms with Crippen LogP contribution in [0.1, 0.15) is 11.1 Å². The molecule has 2 nitrogen and oxygen atoms in total. The molecule has 5 rings (SSSR count). The number of hydrogen-bond acceptors (Lipinski definition) is 3. The summed E-state index contributed by atoms with van der Waals surface area (Å²) in [5.74, 6) is 1.39. The van der Waals surface area contributed by atoms with E-state index >= 15 is 0 Å². The quantitative estimate of drug-likeness (QED) is 0.643. The van der Waals surface area contributed by atoms with Crippen molar-refractivity contribution in [2.75, 3.05) is 17.8 Å². The van der Waals surface area contributed by atoms with E-state index in [-0.39, 0.29) is 0 Å². The molecular weight excluding hydrogens is 302 g/mol. The van der Waals surface area contributed by atoms with Crippen LogP contribution in [0.15, 0.2) is 47.4 Å². The Kier molecular flexibility index (Phi) is 2.71. The van der Waals surface area contributed by atoms with E-state index < -0.39 is 0 Å². The molecule has 0 amide bonds. The number of benzene rings is 3. The Balaban J connectivity index is 1.90. The Labute approximate surface area is 139 Å². The number of anilines is 1. The molecule has 23 heavy (non-hydrogen) atoms. The lowest BCUT2D eigenvalue weighted by molar-refractivity contribution is 0.481. The van der Waals surface area contributed by atoms with E-state index in [2.05, 4.69) is 48.3 Å². The third-order valence-corrected chi connectivity index (χ3v) is 6.21. The van der Waals surface area contributed by atoms with Crippen molar-refractivity contribution in [1.82, 2.24) is 0 Å². The molecule has 114 valence electrons. The lowest BCUT2D eigenvalue weighted by Gasteiger charge is -2.23. The first-order valence-corrected chi connectivity index (χ1v) is 8.96. The number of nitrogens with zero attached hydrogens (tertiary/aromatic N) is 1. The summed E-state index contributed by atoms with van der Waals surface area (Å²) in [6.45, 7) is 0. The molecule has 1 heterocycles. The molecule has 3 aromatic rings. The minimum absolute atomic E-state index is 0.409. The molecule has 0 aromatic heterocycles. The first-order chi connectivity index (χ1) is 11.2. The van der Waals surface area contributed by atoms with Gasteiger partial charge >= 0.3 is 0 Å². The van der Waals surface area contributed by atoms with Crippen LogP contribution in [0.4, 0.5) is 5.69 Å². The number of aryl methyl sites for hydroxylation is 2. The van der Waals surface area contributed by atoms with Gasteiger partial charge in [0.2, 0.25) is 0 Å². The Hall–Kier alpha value is -2.13. The molecule has 0 fully saturated rings. The van der Waals surface area contributed by atoms with Crippen molar-refractivity contribution in [3.63, 3.8) is 0 Å². The van der Waals surface area contributed by atoms with Crippen LogP contribution in [-0.2, 0) is 12.8 Å². The van der Waals surface area contributed by atoms with Gasteiger partial charge in [0.05, 0.1) is 11.6 Å². The van der Waals surface area contributed by atoms with Crippen molar-refractivity contribution in [2.45, 2.75) is 17.7 Å². The second-order valence-electron chi connectivity index (χ2n) is 6.42. The topological polar surface area (TPSA) is 23.5 Å². The van der Waals surface area contributed by atoms with Crippen LogP contribution in [0.2, 0.25) is 0 Å². The van der Waals surface area contributed by atoms with Gasteiger partial charge in [-0.2, -0.15) is 0 Å². The van der Waals surface area contributed by atoms with Crippen LogP contribution in [0, 0.1) is 0 Å². The largest absolute Gasteiger partial charge is 0.507 e. The highest BCUT2D eigenvalue weighted by molar-refractivity contribution is 7.99. The zero-order valence-electron chi connectivity index (χ0n) is 13.0. The van der Waals surface area contributed by atoms with Gasteiger partial charge in [0.1, 0.15) is 5.75 Å². The van der Waals surface area contributed by atoms with Crippen molar-refractivity contribution in [3.8, 4) is 16.9 Å². The molecule has 3 aromatic carbocycles. The fraction of sp³-hybridized carbons (Fsp3) is 0.200. The number of thioether (sulfide) groups is 1. The zero-order valence-corrected chi connectivity index (χ0v) is 13.8. The fourth-order valence-electron chi connectivity index (χ4n) is 3.89. The van der Waals surface area contributed by atoms with Gasteiger partial charge in [-0.25, -0.2) is 0 Å². The zero-order chi connectivity index (χ0) is 15.6. The molecule has 0 spiro atoms. The molecule has 0 unspecified atom stereocenters. The number of hydrogen-bond donors (Lipinski definition) is 1. The summed E-state index contributed by atoms with van der Waals surface area (Å²) in [6, 6.07) is 15.1. The Morgan fingerprint density at radius 1 is 1.00 bits per heavy atom. The predicted octanol–water partition coefficient (Wildman–Crippen LogP) is 4.81. The van der Waals surface area contributed by atoms with E-state index in [9.17, 15) is 5.11 Å². The molecule has 0 atom stereocenters. The molecular formula is C20H17NOS. The van der Waals surface area contributed by atoms with Crippen molar-refractivity contribution in [3.05, 3.63) is 53.6 Å². The molecule has 3 heteroatoms. The molecule has 0 radical (unpaired) electrons. The highest BCUT2D eigenvalue weighted by Crippen LogP contribution is 2.47. The van der Waals surface area contributed by atoms with Crippen LogP contribution in [0.3, 0.4) is 0 Å². The summed E-state index contributed by atoms with van der Waals surface area (Å²) in [5, 5.41) is 12.7. The third kappa shape index (κ3) is 1.83. The van der Waals surface area contributed by atoms with Gasteiger partial charge in [-0.05, 0) is 58.7 Å². The van der Waals surface area contributed by atoms with Crippen LogP contribution < -0.4 is 4.90 Å². The van der Waals surface area contributed by atoms with Gasteiger partial charge < -0.3 is 10.0 Å². The summed E-state index contributed by atoms with van der Waals surface area (Å²) < 4.78 is 0. The number of phenolic OH excluding ortho intramolecular Hbond substituents is 1. The molecule has 0 bridgehead atoms. The SMILES string of the molecule is CN1CSc2cc3c4c(cc(O)c3cc21)CCc1ccccc1-4. The van der Waals surface area contributed by atoms with Crippen LogP contribution in [-0.4, -0.2) is 18.0 Å². The maximum absolute atomic E-state index is 10.6. The van der Waals surface area contributed by atoms with Gasteiger partial charge in [-0.15, -0.1) is 11.8 Å². The minimum Gasteiger partial charge on any atom is -0.507 e. The van der Waals surface area contributed by atoms with E-state index in [0.717, 1.165) is 24.1 Å². The van der Waals surface area contributed by atoms with Gasteiger partial charge in [0, 0.05) is 17.3 Å². The summed E-state index contributed by atoms with van der Waals surface area (Å²) in [5.41, 5.74) is 6.55. The smallest absolute Gasteiger partial charge is 0.123 e. The average molecular weight is 319 g/mol. The second kappa shape index (κ2) is 4.68. The molecule has 1 aliphatic carbocycles. The Bertz CT molecular complexity index is 964. The van der Waals surface area contributed by atoms with Crippen molar-refractivity contribution < 1.29 is 5.11 Å². The van der Waals surface area contributed by atoms with Gasteiger partial charge in [0.15, 0.2) is 0 Å². The number of fused-ring (bicyclic) bond motifs is 6. The molecule has 0 saturated heterocycles. The Morgan fingerprint density at radius 3 is 2.74 bits per heavy atom. The normalized spacial score (nSPS) is 15.4. The number of rotatable bonds is 0. The molecule has 1 N–H and O–H groups in total. The lowest BCUT2D eigenvalue weighted by atomic mass is 9.82. The van der Waals surface area contributed by atoms with Crippen molar-refractivity contribution in [1.29, 1.82) is 0 Å². The second-order valence-corrected chi connectivity index (χ2v) is 7.41. The highest BCUT2D eigenvalue weighted by Gasteiger charge is 2.24. The first kappa shape index (κ1) is 13.3. The molecule has 0 saturated carbocycles. The summed E-state index contributed by atoms with van der Waals surface area (Å²) in [4.78, 5) is 3.56. The van der Waals surface area contributed by atoms with E-state index in [1.54, 1.807) is 0 Å². The maximum atomic E-state index is 10.6. The highest BCUT2D eigenvalue weighted by atomic mass is 32.2. The minimum atomic E-state index is 0.409. The van der Waals surface area contributed by atoms with Crippen LogP contribution in [0.5, 0.6) is 5.75 Å². The van der Waals surface area contributed by atoms with Gasteiger partial charge in [-0.1, -0.05) is 24.3 Å². The van der Waals surface area contributed by atoms with Crippen molar-refractivity contribution in [2.24, 2.45) is 0 Å². The summed E-state index contributed by atoms with van der Waals surface area (Å²) in [7, 11) is 2.11. The predicted molar refractivity (Wildman–Crippen MR) is 97.6 cm³/mol. The monoisotopic (exact) mass is 319 g/mol. The van der Waals surface area contributed by atoms with E-state index in [0.29, 0.717) is 5.75 Å². The van der Waals surface area contributed by atoms with Gasteiger partial charge in [0.25, 0.3) is 0 Å². The fourth-order valence-corrected chi connectivity index (χ4v) is 4.93. The summed E-state index contributed by atoms with van der Waals surface area (Å²) in [6.07, 6.45) is 2.05. The standard InChI is InChI=1S/C20H17NOS/c1-21-11-23-19-10-16-15(9-17(19)21)18(22)8-13-7-6-12-4-2-3-5-14(12)20(13)16/h2-5,8-10,22H,6-7,11H2,1H3. The summed E-state index contributed by atoms with van der Waals surface area (Å²) >= 11 is 1.87. The van der Waals surface area contributed by atoms with E-state index in [4.69, 9.17) is 0 Å². The molecule has 1 aliphatic heterocycles.